The summed E-state index contributed by atoms with van der Waals surface area (Å²) >= 11 is 0. The van der Waals surface area contributed by atoms with Crippen molar-refractivity contribution in [3.05, 3.63) is 23.8 Å². The van der Waals surface area contributed by atoms with Gasteiger partial charge in [-0.05, 0) is 18.2 Å². The molecule has 0 saturated carbocycles. The first kappa shape index (κ1) is 13.2. The molecule has 5 nitrogen and oxygen atoms in total. The highest BCUT2D eigenvalue weighted by molar-refractivity contribution is 6.02. The fourth-order valence-electron chi connectivity index (χ4n) is 1.81. The lowest BCUT2D eigenvalue weighted by Crippen LogP contribution is -2.51. The zero-order chi connectivity index (χ0) is 14.2. The molecule has 1 aliphatic heterocycles. The summed E-state index contributed by atoms with van der Waals surface area (Å²) in [5.41, 5.74) is 4.02. The first-order valence-corrected chi connectivity index (χ1v) is 5.32. The van der Waals surface area contributed by atoms with Crippen LogP contribution in [0.3, 0.4) is 0 Å². The van der Waals surface area contributed by atoms with Gasteiger partial charge in [-0.25, -0.2) is 0 Å². The highest BCUT2D eigenvalue weighted by atomic mass is 19.4. The van der Waals surface area contributed by atoms with Gasteiger partial charge in [0.2, 0.25) is 11.8 Å². The van der Waals surface area contributed by atoms with E-state index in [2.05, 4.69) is 5.32 Å². The molecule has 0 aromatic heterocycles. The van der Waals surface area contributed by atoms with E-state index >= 15 is 0 Å². The largest absolute Gasteiger partial charge is 0.418 e. The molecule has 2 amide bonds. The second-order valence-corrected chi connectivity index (χ2v) is 4.10. The zero-order valence-electron chi connectivity index (χ0n) is 9.62. The summed E-state index contributed by atoms with van der Waals surface area (Å²) in [5, 5.41) is 2.07. The Morgan fingerprint density at radius 2 is 1.74 bits per heavy atom. The molecule has 8 heteroatoms. The van der Waals surface area contributed by atoms with Gasteiger partial charge in [-0.3, -0.25) is 14.9 Å². The Morgan fingerprint density at radius 1 is 1.16 bits per heavy atom. The van der Waals surface area contributed by atoms with Gasteiger partial charge in [-0.15, -0.1) is 0 Å². The van der Waals surface area contributed by atoms with Crippen LogP contribution in [0.25, 0.3) is 0 Å². The van der Waals surface area contributed by atoms with E-state index < -0.39 is 29.2 Å². The van der Waals surface area contributed by atoms with Crippen LogP contribution < -0.4 is 16.0 Å². The van der Waals surface area contributed by atoms with Gasteiger partial charge in [0, 0.05) is 11.4 Å². The molecular weight excluding hydrogens is 263 g/mol. The summed E-state index contributed by atoms with van der Waals surface area (Å²) in [6.07, 6.45) is -4.58. The van der Waals surface area contributed by atoms with Crippen LogP contribution in [0, 0.1) is 0 Å². The van der Waals surface area contributed by atoms with Gasteiger partial charge in [0.05, 0.1) is 18.7 Å². The number of carbonyl (C=O) groups excluding carboxylic acids is 2. The third-order valence-electron chi connectivity index (χ3n) is 2.66. The van der Waals surface area contributed by atoms with Crippen LogP contribution in [0.15, 0.2) is 18.2 Å². The summed E-state index contributed by atoms with van der Waals surface area (Å²) in [4.78, 5) is 23.6. The number of amides is 2. The third-order valence-corrected chi connectivity index (χ3v) is 2.66. The molecular formula is C11H10F3N3O2. The summed E-state index contributed by atoms with van der Waals surface area (Å²) < 4.78 is 38.1. The van der Waals surface area contributed by atoms with Crippen LogP contribution in [-0.4, -0.2) is 24.9 Å². The third kappa shape index (κ3) is 2.78. The van der Waals surface area contributed by atoms with Gasteiger partial charge in [-0.2, -0.15) is 13.2 Å². The van der Waals surface area contributed by atoms with E-state index in [4.69, 9.17) is 5.73 Å². The van der Waals surface area contributed by atoms with E-state index in [9.17, 15) is 22.8 Å². The number of imide groups is 1. The standard InChI is InChI=1S/C11H10F3N3O2/c12-11(13,14)7-3-6(1-2-8(7)15)17-4-9(18)16-10(19)5-17/h1-3H,4-5,15H2,(H,16,18,19). The number of carbonyl (C=O) groups is 2. The number of hydrogen-bond donors (Lipinski definition) is 2. The lowest BCUT2D eigenvalue weighted by atomic mass is 10.1. The number of alkyl halides is 3. The number of nitrogens with zero attached hydrogens (tertiary/aromatic N) is 1. The lowest BCUT2D eigenvalue weighted by Gasteiger charge is -2.28. The molecule has 102 valence electrons. The van der Waals surface area contributed by atoms with Gasteiger partial charge < -0.3 is 10.6 Å². The smallest absolute Gasteiger partial charge is 0.398 e. The Morgan fingerprint density at radius 3 is 2.26 bits per heavy atom. The number of halogens is 3. The molecule has 0 aliphatic carbocycles. The summed E-state index contributed by atoms with van der Waals surface area (Å²) in [6, 6.07) is 3.28. The fraction of sp³-hybridized carbons (Fsp3) is 0.273. The van der Waals surface area contributed by atoms with E-state index in [1.165, 1.54) is 11.0 Å². The Kier molecular flexibility index (Phi) is 3.09. The summed E-state index contributed by atoms with van der Waals surface area (Å²) in [5.74, 6) is -1.11. The first-order valence-electron chi connectivity index (χ1n) is 5.32. The molecule has 1 saturated heterocycles. The molecule has 0 unspecified atom stereocenters. The topological polar surface area (TPSA) is 75.4 Å². The molecule has 1 aliphatic rings. The minimum Gasteiger partial charge on any atom is -0.398 e. The molecule has 3 N–H and O–H groups in total. The summed E-state index contributed by atoms with van der Waals surface area (Å²) in [6.45, 7) is -0.347. The molecule has 2 rings (SSSR count). The molecule has 1 heterocycles. The van der Waals surface area contributed by atoms with Gasteiger partial charge in [0.1, 0.15) is 0 Å². The van der Waals surface area contributed by atoms with Gasteiger partial charge >= 0.3 is 6.18 Å². The number of nitrogens with two attached hydrogens (primary N) is 1. The SMILES string of the molecule is Nc1ccc(N2CC(=O)NC(=O)C2)cc1C(F)(F)F. The molecule has 19 heavy (non-hydrogen) atoms. The molecule has 0 atom stereocenters. The second kappa shape index (κ2) is 4.45. The quantitative estimate of drug-likeness (QED) is 0.585. The minimum atomic E-state index is -4.58. The first-order chi connectivity index (χ1) is 8.77. The minimum absolute atomic E-state index is 0.129. The zero-order valence-corrected chi connectivity index (χ0v) is 9.62. The lowest BCUT2D eigenvalue weighted by molar-refractivity contribution is -0.137. The van der Waals surface area contributed by atoms with Crippen LogP contribution >= 0.6 is 0 Å². The van der Waals surface area contributed by atoms with Crippen molar-refractivity contribution in [2.75, 3.05) is 23.7 Å². The Bertz CT molecular complexity index is 526. The number of piperazine rings is 1. The predicted octanol–water partition coefficient (Wildman–Crippen LogP) is 0.750. The average molecular weight is 273 g/mol. The Hall–Kier alpha value is -2.25. The summed E-state index contributed by atoms with van der Waals surface area (Å²) in [7, 11) is 0. The highest BCUT2D eigenvalue weighted by Crippen LogP contribution is 2.36. The van der Waals surface area contributed by atoms with E-state index in [1.54, 1.807) is 0 Å². The van der Waals surface area contributed by atoms with E-state index in [0.29, 0.717) is 0 Å². The maximum absolute atomic E-state index is 12.7. The average Bonchev–Trinajstić information content (AvgIpc) is 2.26. The van der Waals surface area contributed by atoms with Crippen molar-refractivity contribution < 1.29 is 22.8 Å². The van der Waals surface area contributed by atoms with Crippen molar-refractivity contribution >= 4 is 23.2 Å². The molecule has 0 bridgehead atoms. The van der Waals surface area contributed by atoms with Crippen molar-refractivity contribution in [3.63, 3.8) is 0 Å². The second-order valence-electron chi connectivity index (χ2n) is 4.10. The Labute approximate surface area is 106 Å². The Balaban J connectivity index is 2.36. The number of benzene rings is 1. The number of nitrogen functional groups attached to an aromatic ring is 1. The monoisotopic (exact) mass is 273 g/mol. The fourth-order valence-corrected chi connectivity index (χ4v) is 1.81. The van der Waals surface area contributed by atoms with Crippen LogP contribution in [0.2, 0.25) is 0 Å². The van der Waals surface area contributed by atoms with Gasteiger partial charge in [-0.1, -0.05) is 0 Å². The molecule has 0 radical (unpaired) electrons. The number of anilines is 2. The van der Waals surface area contributed by atoms with E-state index in [1.807, 2.05) is 0 Å². The van der Waals surface area contributed by atoms with Crippen molar-refractivity contribution in [1.29, 1.82) is 0 Å². The molecule has 1 fully saturated rings. The van der Waals surface area contributed by atoms with Crippen LogP contribution in [-0.2, 0) is 15.8 Å². The van der Waals surface area contributed by atoms with Crippen LogP contribution in [0.5, 0.6) is 0 Å². The van der Waals surface area contributed by atoms with E-state index in [0.717, 1.165) is 12.1 Å². The molecule has 1 aromatic rings. The van der Waals surface area contributed by atoms with Gasteiger partial charge in [0.25, 0.3) is 0 Å². The van der Waals surface area contributed by atoms with Crippen molar-refractivity contribution in [2.45, 2.75) is 6.18 Å². The van der Waals surface area contributed by atoms with Crippen LogP contribution in [0.4, 0.5) is 24.5 Å². The molecule has 0 spiro atoms. The van der Waals surface area contributed by atoms with E-state index in [-0.39, 0.29) is 18.8 Å². The maximum atomic E-state index is 12.7. The highest BCUT2D eigenvalue weighted by Gasteiger charge is 2.34. The normalized spacial score (nSPS) is 16.5. The number of nitrogens with one attached hydrogen (secondary N) is 1. The molecule has 1 aromatic carbocycles. The van der Waals surface area contributed by atoms with Crippen molar-refractivity contribution in [3.8, 4) is 0 Å². The number of rotatable bonds is 1. The van der Waals surface area contributed by atoms with Crippen LogP contribution in [0.1, 0.15) is 5.56 Å². The maximum Gasteiger partial charge on any atom is 0.418 e. The van der Waals surface area contributed by atoms with Crippen molar-refractivity contribution in [1.82, 2.24) is 5.32 Å². The number of hydrogen-bond acceptors (Lipinski definition) is 4. The van der Waals surface area contributed by atoms with Gasteiger partial charge in [0.15, 0.2) is 0 Å². The predicted molar refractivity (Wildman–Crippen MR) is 61.2 cm³/mol. The van der Waals surface area contributed by atoms with Crippen molar-refractivity contribution in [2.24, 2.45) is 0 Å².